The molecule has 0 amide bonds. The molecule has 2 aromatic rings. The summed E-state index contributed by atoms with van der Waals surface area (Å²) < 4.78 is 5.35. The Bertz CT molecular complexity index is 1050. The number of aliphatic hydroxyl groups is 5. The van der Waals surface area contributed by atoms with Gasteiger partial charge in [-0.05, 0) is 68.0 Å². The van der Waals surface area contributed by atoms with E-state index in [0.29, 0.717) is 11.8 Å². The zero-order chi connectivity index (χ0) is 26.6. The molecule has 3 saturated heterocycles. The molecule has 3 aliphatic heterocycles. The van der Waals surface area contributed by atoms with E-state index in [9.17, 15) is 9.90 Å². The number of aliphatic hydroxyl groups excluding tert-OH is 5. The number of aliphatic carboxylic acids is 1. The number of hydrogen-bond donors (Lipinski definition) is 6. The van der Waals surface area contributed by atoms with Gasteiger partial charge in [0.15, 0.2) is 6.10 Å². The first-order valence-corrected chi connectivity index (χ1v) is 12.0. The Labute approximate surface area is 210 Å². The van der Waals surface area contributed by atoms with Crippen molar-refractivity contribution in [3.8, 4) is 5.75 Å². The van der Waals surface area contributed by atoms with Gasteiger partial charge in [-0.2, -0.15) is 0 Å². The molecule has 3 fully saturated rings. The van der Waals surface area contributed by atoms with Crippen molar-refractivity contribution in [3.05, 3.63) is 48.7 Å². The predicted octanol–water partition coefficient (Wildman–Crippen LogP) is 0.708. The van der Waals surface area contributed by atoms with Crippen molar-refractivity contribution >= 4 is 16.9 Å². The van der Waals surface area contributed by atoms with Crippen LogP contribution in [0.2, 0.25) is 0 Å². The zero-order valence-electron chi connectivity index (χ0n) is 20.5. The van der Waals surface area contributed by atoms with Gasteiger partial charge in [-0.1, -0.05) is 6.08 Å². The van der Waals surface area contributed by atoms with Gasteiger partial charge in [0.2, 0.25) is 0 Å². The summed E-state index contributed by atoms with van der Waals surface area (Å²) >= 11 is 0. The van der Waals surface area contributed by atoms with Gasteiger partial charge in [0.1, 0.15) is 18.0 Å². The van der Waals surface area contributed by atoms with E-state index < -0.39 is 36.5 Å². The minimum Gasteiger partial charge on any atom is -0.497 e. The minimum atomic E-state index is -2.09. The molecule has 2 bridgehead atoms. The smallest absolute Gasteiger partial charge is 0.335 e. The topological polar surface area (TPSA) is 164 Å². The second-order valence-corrected chi connectivity index (χ2v) is 9.48. The Kier molecular flexibility index (Phi) is 9.40. The summed E-state index contributed by atoms with van der Waals surface area (Å²) in [6.45, 7) is 7.24. The molecule has 1 aromatic carbocycles. The highest BCUT2D eigenvalue weighted by molar-refractivity contribution is 5.84. The molecule has 5 rings (SSSR count). The number of piperidine rings is 3. The molecular weight excluding hydrogens is 468 g/mol. The summed E-state index contributed by atoms with van der Waals surface area (Å²) in [6.07, 6.45) is -1.32. The highest BCUT2D eigenvalue weighted by atomic mass is 16.5. The predicted molar refractivity (Wildman–Crippen MR) is 132 cm³/mol. The first-order chi connectivity index (χ1) is 17.1. The molecule has 36 heavy (non-hydrogen) atoms. The zero-order valence-corrected chi connectivity index (χ0v) is 20.5. The number of pyridine rings is 1. The van der Waals surface area contributed by atoms with Crippen LogP contribution in [-0.2, 0) is 4.79 Å². The van der Waals surface area contributed by atoms with Crippen molar-refractivity contribution in [2.45, 2.75) is 56.3 Å². The maximum atomic E-state index is 11.2. The Hall–Kier alpha value is -2.60. The molecule has 0 aliphatic carbocycles. The normalized spacial score (nSPS) is 27.2. The fraction of sp³-hybridized carbons (Fsp3) is 0.538. The monoisotopic (exact) mass is 504 g/mol. The highest BCUT2D eigenvalue weighted by Gasteiger charge is 2.42. The van der Waals surface area contributed by atoms with Crippen LogP contribution in [0.25, 0.3) is 10.9 Å². The average molecular weight is 505 g/mol. The third kappa shape index (κ3) is 6.03. The number of aromatic nitrogens is 1. The quantitative estimate of drug-likeness (QED) is 0.282. The Morgan fingerprint density at radius 1 is 1.19 bits per heavy atom. The second-order valence-electron chi connectivity index (χ2n) is 9.48. The van der Waals surface area contributed by atoms with Crippen LogP contribution in [0.5, 0.6) is 5.75 Å². The molecule has 198 valence electrons. The molecule has 10 nitrogen and oxygen atoms in total. The molecule has 4 heterocycles. The summed E-state index contributed by atoms with van der Waals surface area (Å²) in [5.74, 6) is 0.356. The van der Waals surface area contributed by atoms with Gasteiger partial charge in [-0.25, -0.2) is 4.79 Å². The second kappa shape index (κ2) is 12.1. The van der Waals surface area contributed by atoms with Gasteiger partial charge in [0.25, 0.3) is 0 Å². The number of carboxylic acid groups (broad SMARTS) is 1. The molecule has 3 aliphatic rings. The van der Waals surface area contributed by atoms with Crippen LogP contribution in [0.1, 0.15) is 31.4 Å². The number of rotatable bonds is 8. The molecule has 0 radical (unpaired) electrons. The maximum Gasteiger partial charge on any atom is 0.335 e. The number of ether oxygens (including phenoxy) is 1. The van der Waals surface area contributed by atoms with Gasteiger partial charge in [-0.3, -0.25) is 9.88 Å². The van der Waals surface area contributed by atoms with Crippen molar-refractivity contribution in [2.24, 2.45) is 11.8 Å². The Morgan fingerprint density at radius 2 is 1.92 bits per heavy atom. The van der Waals surface area contributed by atoms with E-state index in [1.54, 1.807) is 13.3 Å². The van der Waals surface area contributed by atoms with Crippen molar-refractivity contribution < 1.29 is 40.2 Å². The third-order valence-electron chi connectivity index (χ3n) is 7.24. The third-order valence-corrected chi connectivity index (χ3v) is 7.24. The minimum absolute atomic E-state index is 0.178. The van der Waals surface area contributed by atoms with Gasteiger partial charge in [0.05, 0.1) is 24.8 Å². The standard InChI is InChI=1S/C20H24N2O2.C6H12O6/c1-3-13-12-22-9-7-14(13)10-19(22)20(23)16-6-8-21-18-5-4-15(24-2)11-17(16)18;1-2(7)3(8)4(9)5(10)6(11)12/h3-6,8,11,13-14,19-20,23H,1,7,9-10,12H2,2H3;2-5,7-10H,1H3,(H,11,12). The maximum absolute atomic E-state index is 11.2. The molecule has 0 spiro atoms. The van der Waals surface area contributed by atoms with Gasteiger partial charge in [0, 0.05) is 24.2 Å². The van der Waals surface area contributed by atoms with Crippen LogP contribution >= 0.6 is 0 Å². The van der Waals surface area contributed by atoms with E-state index in [-0.39, 0.29) is 6.04 Å². The number of fused-ring (bicyclic) bond motifs is 4. The lowest BCUT2D eigenvalue weighted by Gasteiger charge is -2.50. The Balaban J connectivity index is 0.000000257. The van der Waals surface area contributed by atoms with E-state index in [1.165, 1.54) is 13.3 Å². The van der Waals surface area contributed by atoms with Gasteiger partial charge in [-0.15, -0.1) is 6.58 Å². The molecule has 9 atom stereocenters. The number of carbonyl (C=O) groups is 1. The fourth-order valence-corrected chi connectivity index (χ4v) is 5.06. The van der Waals surface area contributed by atoms with Crippen LogP contribution in [0.3, 0.4) is 0 Å². The molecule has 9 unspecified atom stereocenters. The van der Waals surface area contributed by atoms with Crippen molar-refractivity contribution in [1.29, 1.82) is 0 Å². The van der Waals surface area contributed by atoms with E-state index in [4.69, 9.17) is 30.3 Å². The van der Waals surface area contributed by atoms with Crippen molar-refractivity contribution in [2.75, 3.05) is 20.2 Å². The SMILES string of the molecule is C=CC1CN2CCC1CC2C(O)c1ccnc2ccc(OC)cc12.CC(O)C(O)C(O)C(O)C(=O)O. The summed E-state index contributed by atoms with van der Waals surface area (Å²) in [5, 5.41) is 55.5. The summed E-state index contributed by atoms with van der Waals surface area (Å²) in [4.78, 5) is 16.9. The van der Waals surface area contributed by atoms with E-state index in [2.05, 4.69) is 22.5 Å². The first-order valence-electron chi connectivity index (χ1n) is 12.0. The molecular formula is C26H36N2O8. The van der Waals surface area contributed by atoms with Crippen molar-refractivity contribution in [3.63, 3.8) is 0 Å². The van der Waals surface area contributed by atoms with Gasteiger partial charge >= 0.3 is 5.97 Å². The van der Waals surface area contributed by atoms with Crippen LogP contribution in [0, 0.1) is 11.8 Å². The van der Waals surface area contributed by atoms with Crippen LogP contribution < -0.4 is 4.74 Å². The van der Waals surface area contributed by atoms with Crippen molar-refractivity contribution in [1.82, 2.24) is 9.88 Å². The largest absolute Gasteiger partial charge is 0.497 e. The number of hydrogen-bond acceptors (Lipinski definition) is 9. The lowest BCUT2D eigenvalue weighted by molar-refractivity contribution is -0.162. The molecule has 6 N–H and O–H groups in total. The average Bonchev–Trinajstić information content (AvgIpc) is 2.90. The van der Waals surface area contributed by atoms with E-state index in [0.717, 1.165) is 41.7 Å². The summed E-state index contributed by atoms with van der Waals surface area (Å²) in [5.41, 5.74) is 1.85. The Morgan fingerprint density at radius 3 is 2.47 bits per heavy atom. The number of carboxylic acids is 1. The van der Waals surface area contributed by atoms with E-state index in [1.807, 2.05) is 24.3 Å². The lowest BCUT2D eigenvalue weighted by atomic mass is 9.73. The molecule has 1 aromatic heterocycles. The summed E-state index contributed by atoms with van der Waals surface area (Å²) in [6, 6.07) is 7.96. The molecule has 0 saturated carbocycles. The highest BCUT2D eigenvalue weighted by Crippen LogP contribution is 2.42. The number of benzene rings is 1. The van der Waals surface area contributed by atoms with Crippen LogP contribution in [0.4, 0.5) is 0 Å². The number of nitrogens with zero attached hydrogens (tertiary/aromatic N) is 2. The number of methoxy groups -OCH3 is 1. The van der Waals surface area contributed by atoms with Crippen LogP contribution in [-0.4, -0.2) is 97.1 Å². The fourth-order valence-electron chi connectivity index (χ4n) is 5.06. The summed E-state index contributed by atoms with van der Waals surface area (Å²) in [7, 11) is 1.66. The van der Waals surface area contributed by atoms with E-state index >= 15 is 0 Å². The van der Waals surface area contributed by atoms with Gasteiger partial charge < -0.3 is 35.4 Å². The van der Waals surface area contributed by atoms with Crippen LogP contribution in [0.15, 0.2) is 43.1 Å². The lowest BCUT2D eigenvalue weighted by Crippen LogP contribution is -2.54. The first kappa shape index (κ1) is 28.0. The molecule has 10 heteroatoms.